The monoisotopic (exact) mass is 221 g/mol. The van der Waals surface area contributed by atoms with Gasteiger partial charge in [-0.15, -0.1) is 0 Å². The molecule has 0 saturated carbocycles. The maximum absolute atomic E-state index is 11.0. The lowest BCUT2D eigenvalue weighted by Gasteiger charge is -2.12. The molecule has 1 N–H and O–H groups in total. The molecule has 0 saturated heterocycles. The van der Waals surface area contributed by atoms with Crippen molar-refractivity contribution in [2.45, 2.75) is 31.4 Å². The Kier molecular flexibility index (Phi) is 7.66. The van der Waals surface area contributed by atoms with Crippen molar-refractivity contribution in [3.63, 3.8) is 0 Å². The molecule has 0 fully saturated rings. The van der Waals surface area contributed by atoms with Gasteiger partial charge in [-0.25, -0.2) is 0 Å². The van der Waals surface area contributed by atoms with E-state index in [4.69, 9.17) is 0 Å². The average molecular weight is 221 g/mol. The zero-order valence-electron chi connectivity index (χ0n) is 8.29. The molecule has 4 heteroatoms. The Balaban J connectivity index is 3.50. The number of hydrogen-bond acceptors (Lipinski definition) is 3. The van der Waals surface area contributed by atoms with E-state index in [2.05, 4.69) is 37.5 Å². The summed E-state index contributed by atoms with van der Waals surface area (Å²) in [5, 5.41) is 2.98. The Morgan fingerprint density at radius 1 is 1.46 bits per heavy atom. The topological polar surface area (TPSA) is 29.1 Å². The van der Waals surface area contributed by atoms with Gasteiger partial charge in [0, 0.05) is 24.5 Å². The minimum Gasteiger partial charge on any atom is -0.359 e. The second-order valence-corrected chi connectivity index (χ2v) is 4.49. The molecule has 13 heavy (non-hydrogen) atoms. The van der Waals surface area contributed by atoms with Gasteiger partial charge in [0.2, 0.25) is 5.91 Å². The molecular formula is C9H19NOS2. The fourth-order valence-electron chi connectivity index (χ4n) is 1.09. The van der Waals surface area contributed by atoms with Gasteiger partial charge in [0.05, 0.1) is 0 Å². The van der Waals surface area contributed by atoms with Crippen molar-refractivity contribution in [2.24, 2.45) is 5.92 Å². The Morgan fingerprint density at radius 2 is 2.08 bits per heavy atom. The van der Waals surface area contributed by atoms with Crippen molar-refractivity contribution in [3.8, 4) is 0 Å². The molecule has 78 valence electrons. The fraction of sp³-hybridized carbons (Fsp3) is 0.889. The summed E-state index contributed by atoms with van der Waals surface area (Å²) in [5.41, 5.74) is 0. The predicted molar refractivity (Wildman–Crippen MR) is 63.7 cm³/mol. The predicted octanol–water partition coefficient (Wildman–Crippen LogP) is 1.77. The van der Waals surface area contributed by atoms with Gasteiger partial charge < -0.3 is 5.32 Å². The molecule has 2 nitrogen and oxygen atoms in total. The van der Waals surface area contributed by atoms with Crippen LogP contribution in [0.5, 0.6) is 0 Å². The number of nitrogens with one attached hydrogen (secondary N) is 1. The van der Waals surface area contributed by atoms with E-state index in [0.717, 1.165) is 18.6 Å². The summed E-state index contributed by atoms with van der Waals surface area (Å²) >= 11 is 8.49. The lowest BCUT2D eigenvalue weighted by Crippen LogP contribution is -2.20. The van der Waals surface area contributed by atoms with Crippen LogP contribution in [0.1, 0.15) is 26.2 Å². The summed E-state index contributed by atoms with van der Waals surface area (Å²) < 4.78 is 0. The molecule has 0 heterocycles. The fourth-order valence-corrected chi connectivity index (χ4v) is 1.42. The number of rotatable bonds is 6. The van der Waals surface area contributed by atoms with Gasteiger partial charge in [-0.05, 0) is 18.8 Å². The Bertz CT molecular complexity index is 153. The van der Waals surface area contributed by atoms with Crippen LogP contribution in [0.25, 0.3) is 0 Å². The van der Waals surface area contributed by atoms with E-state index in [1.165, 1.54) is 0 Å². The lowest BCUT2D eigenvalue weighted by molar-refractivity contribution is -0.121. The first-order valence-corrected chi connectivity index (χ1v) is 5.74. The number of amides is 1. The van der Waals surface area contributed by atoms with Gasteiger partial charge >= 0.3 is 0 Å². The van der Waals surface area contributed by atoms with Crippen LogP contribution in [0, 0.1) is 5.92 Å². The Morgan fingerprint density at radius 3 is 2.54 bits per heavy atom. The van der Waals surface area contributed by atoms with Gasteiger partial charge in [-0.1, -0.05) is 6.92 Å². The van der Waals surface area contributed by atoms with Crippen molar-refractivity contribution < 1.29 is 4.79 Å². The van der Waals surface area contributed by atoms with Crippen LogP contribution in [-0.2, 0) is 4.79 Å². The molecule has 0 aliphatic heterocycles. The molecule has 0 aromatic rings. The third-order valence-corrected chi connectivity index (χ3v) is 3.19. The van der Waals surface area contributed by atoms with E-state index in [0.29, 0.717) is 17.6 Å². The summed E-state index contributed by atoms with van der Waals surface area (Å²) in [6, 6.07) is 0. The molecule has 0 aromatic carbocycles. The van der Waals surface area contributed by atoms with E-state index < -0.39 is 0 Å². The van der Waals surface area contributed by atoms with Gasteiger partial charge in [-0.3, -0.25) is 4.79 Å². The van der Waals surface area contributed by atoms with Gasteiger partial charge in [-0.2, -0.15) is 25.3 Å². The molecule has 0 rings (SSSR count). The van der Waals surface area contributed by atoms with Crippen LogP contribution >= 0.6 is 25.3 Å². The van der Waals surface area contributed by atoms with Crippen molar-refractivity contribution >= 4 is 31.2 Å². The largest absolute Gasteiger partial charge is 0.359 e. The highest BCUT2D eigenvalue weighted by Gasteiger charge is 2.09. The van der Waals surface area contributed by atoms with Crippen LogP contribution in [-0.4, -0.2) is 24.0 Å². The third kappa shape index (κ3) is 7.26. The molecule has 0 aliphatic carbocycles. The van der Waals surface area contributed by atoms with Gasteiger partial charge in [0.1, 0.15) is 0 Å². The van der Waals surface area contributed by atoms with Crippen LogP contribution in [0.3, 0.4) is 0 Å². The highest BCUT2D eigenvalue weighted by Crippen LogP contribution is 2.15. The van der Waals surface area contributed by atoms with Crippen LogP contribution in [0.15, 0.2) is 0 Å². The molecule has 2 unspecified atom stereocenters. The minimum absolute atomic E-state index is 0.120. The number of thiol groups is 2. The summed E-state index contributed by atoms with van der Waals surface area (Å²) in [7, 11) is 1.67. The smallest absolute Gasteiger partial charge is 0.220 e. The SMILES string of the molecule is CNC(=O)CC(C)CCC(S)CS. The molecular weight excluding hydrogens is 202 g/mol. The summed E-state index contributed by atoms with van der Waals surface area (Å²) in [6.45, 7) is 2.09. The molecule has 2 atom stereocenters. The molecule has 1 amide bonds. The summed E-state index contributed by atoms with van der Waals surface area (Å²) in [5.74, 6) is 1.36. The second-order valence-electron chi connectivity index (χ2n) is 3.40. The Labute approximate surface area is 91.7 Å². The van der Waals surface area contributed by atoms with E-state index >= 15 is 0 Å². The van der Waals surface area contributed by atoms with Gasteiger partial charge in [0.25, 0.3) is 0 Å². The van der Waals surface area contributed by atoms with E-state index in [1.807, 2.05) is 0 Å². The first-order valence-electron chi connectivity index (χ1n) is 4.59. The molecule has 0 aromatic heterocycles. The van der Waals surface area contributed by atoms with E-state index in [-0.39, 0.29) is 5.91 Å². The van der Waals surface area contributed by atoms with E-state index in [1.54, 1.807) is 7.05 Å². The number of carbonyl (C=O) groups is 1. The molecule has 0 radical (unpaired) electrons. The summed E-state index contributed by atoms with van der Waals surface area (Å²) in [4.78, 5) is 11.0. The van der Waals surface area contributed by atoms with Gasteiger partial charge in [0.15, 0.2) is 0 Å². The quantitative estimate of drug-likeness (QED) is 0.586. The van der Waals surface area contributed by atoms with Crippen LogP contribution in [0.2, 0.25) is 0 Å². The van der Waals surface area contributed by atoms with Crippen LogP contribution < -0.4 is 5.32 Å². The molecule has 0 spiro atoms. The Hall–Kier alpha value is 0.170. The molecule has 0 aliphatic rings. The maximum Gasteiger partial charge on any atom is 0.220 e. The first kappa shape index (κ1) is 13.2. The number of carbonyl (C=O) groups excluding carboxylic acids is 1. The highest BCUT2D eigenvalue weighted by atomic mass is 32.1. The zero-order chi connectivity index (χ0) is 10.3. The summed E-state index contributed by atoms with van der Waals surface area (Å²) in [6.07, 6.45) is 2.69. The van der Waals surface area contributed by atoms with Crippen molar-refractivity contribution in [3.05, 3.63) is 0 Å². The normalized spacial score (nSPS) is 15.1. The van der Waals surface area contributed by atoms with Crippen molar-refractivity contribution in [1.82, 2.24) is 5.32 Å². The number of hydrogen-bond donors (Lipinski definition) is 3. The average Bonchev–Trinajstić information content (AvgIpc) is 2.13. The second kappa shape index (κ2) is 7.56. The van der Waals surface area contributed by atoms with E-state index in [9.17, 15) is 4.79 Å². The van der Waals surface area contributed by atoms with Crippen molar-refractivity contribution in [1.29, 1.82) is 0 Å². The third-order valence-electron chi connectivity index (χ3n) is 2.02. The lowest BCUT2D eigenvalue weighted by atomic mass is 10.0. The standard InChI is InChI=1S/C9H19NOS2/c1-7(5-9(11)10-2)3-4-8(13)6-12/h7-8,12-13H,3-6H2,1-2H3,(H,10,11). The zero-order valence-corrected chi connectivity index (χ0v) is 10.1. The van der Waals surface area contributed by atoms with Crippen LogP contribution in [0.4, 0.5) is 0 Å². The highest BCUT2D eigenvalue weighted by molar-refractivity contribution is 7.84. The van der Waals surface area contributed by atoms with Crippen molar-refractivity contribution in [2.75, 3.05) is 12.8 Å². The first-order chi connectivity index (χ1) is 6.10. The maximum atomic E-state index is 11.0. The minimum atomic E-state index is 0.120. The molecule has 0 bridgehead atoms.